The summed E-state index contributed by atoms with van der Waals surface area (Å²) >= 11 is 0. The number of carbonyl (C=O) groups is 1. The Morgan fingerprint density at radius 3 is 2.91 bits per heavy atom. The molecule has 2 N–H and O–H groups in total. The van der Waals surface area contributed by atoms with Crippen molar-refractivity contribution in [3.8, 4) is 22.9 Å². The predicted molar refractivity (Wildman–Crippen MR) is 111 cm³/mol. The van der Waals surface area contributed by atoms with Crippen LogP contribution in [-0.2, 0) is 13.0 Å². The Morgan fingerprint density at radius 2 is 2.16 bits per heavy atom. The summed E-state index contributed by atoms with van der Waals surface area (Å²) in [5.41, 5.74) is 3.04. The number of anilines is 1. The SMILES string of the molecule is N#Cc1cn2c(NCc3c(F)ccc4c3CCO4)ncc(-c3ccc(C(=O)O)nc3)c2n1. The zero-order chi connectivity index (χ0) is 22.2. The number of halogens is 1. The fourth-order valence-electron chi connectivity index (χ4n) is 3.72. The molecule has 4 aromatic rings. The number of carboxylic acid groups (broad SMARTS) is 1. The van der Waals surface area contributed by atoms with E-state index in [1.165, 1.54) is 24.5 Å². The number of aromatic nitrogens is 4. The third-order valence-electron chi connectivity index (χ3n) is 5.26. The van der Waals surface area contributed by atoms with Gasteiger partial charge in [-0.1, -0.05) is 6.07 Å². The van der Waals surface area contributed by atoms with Gasteiger partial charge in [0, 0.05) is 47.6 Å². The van der Waals surface area contributed by atoms with E-state index >= 15 is 0 Å². The molecule has 0 unspecified atom stereocenters. The molecule has 1 aliphatic heterocycles. The van der Waals surface area contributed by atoms with Crippen molar-refractivity contribution in [2.45, 2.75) is 13.0 Å². The molecule has 0 fully saturated rings. The molecule has 0 radical (unpaired) electrons. The normalized spacial score (nSPS) is 12.2. The summed E-state index contributed by atoms with van der Waals surface area (Å²) in [7, 11) is 0. The maximum atomic E-state index is 14.5. The Morgan fingerprint density at radius 1 is 1.28 bits per heavy atom. The van der Waals surface area contributed by atoms with E-state index in [4.69, 9.17) is 9.84 Å². The first kappa shape index (κ1) is 19.4. The van der Waals surface area contributed by atoms with Crippen LogP contribution in [0.2, 0.25) is 0 Å². The van der Waals surface area contributed by atoms with Gasteiger partial charge in [0.1, 0.15) is 23.3 Å². The highest BCUT2D eigenvalue weighted by Crippen LogP contribution is 2.31. The zero-order valence-electron chi connectivity index (χ0n) is 16.5. The lowest BCUT2D eigenvalue weighted by Crippen LogP contribution is -2.09. The van der Waals surface area contributed by atoms with Gasteiger partial charge < -0.3 is 15.2 Å². The molecule has 0 amide bonds. The van der Waals surface area contributed by atoms with Crippen molar-refractivity contribution in [1.29, 1.82) is 5.26 Å². The third kappa shape index (κ3) is 3.26. The van der Waals surface area contributed by atoms with Crippen LogP contribution in [0.25, 0.3) is 16.8 Å². The van der Waals surface area contributed by atoms with E-state index in [9.17, 15) is 14.4 Å². The molecule has 0 saturated carbocycles. The van der Waals surface area contributed by atoms with Crippen LogP contribution in [0.15, 0.2) is 42.9 Å². The maximum Gasteiger partial charge on any atom is 0.354 e. The number of aromatic carboxylic acids is 1. The average molecular weight is 430 g/mol. The van der Waals surface area contributed by atoms with Crippen LogP contribution in [0.4, 0.5) is 10.3 Å². The number of ether oxygens (including phenoxy) is 1. The molecule has 4 heterocycles. The van der Waals surface area contributed by atoms with Gasteiger partial charge in [-0.2, -0.15) is 5.26 Å². The van der Waals surface area contributed by atoms with Crippen LogP contribution < -0.4 is 10.1 Å². The monoisotopic (exact) mass is 430 g/mol. The van der Waals surface area contributed by atoms with Crippen molar-refractivity contribution in [1.82, 2.24) is 19.4 Å². The van der Waals surface area contributed by atoms with Crippen LogP contribution >= 0.6 is 0 Å². The number of imidazole rings is 1. The van der Waals surface area contributed by atoms with Crippen molar-refractivity contribution in [2.75, 3.05) is 11.9 Å². The number of fused-ring (bicyclic) bond motifs is 2. The Labute approximate surface area is 180 Å². The number of pyridine rings is 1. The topological polar surface area (TPSA) is 125 Å². The molecule has 0 spiro atoms. The minimum Gasteiger partial charge on any atom is -0.493 e. The summed E-state index contributed by atoms with van der Waals surface area (Å²) < 4.78 is 21.6. The average Bonchev–Trinajstić information content (AvgIpc) is 3.45. The van der Waals surface area contributed by atoms with E-state index in [2.05, 4.69) is 20.3 Å². The van der Waals surface area contributed by atoms with E-state index in [0.29, 0.717) is 47.1 Å². The Hall–Kier alpha value is -4.52. The summed E-state index contributed by atoms with van der Waals surface area (Å²) in [5.74, 6) is -0.397. The number of carboxylic acids is 1. The maximum absolute atomic E-state index is 14.5. The van der Waals surface area contributed by atoms with Gasteiger partial charge in [-0.15, -0.1) is 0 Å². The first-order valence-electron chi connectivity index (χ1n) is 9.70. The van der Waals surface area contributed by atoms with Gasteiger partial charge in [0.05, 0.1) is 12.8 Å². The molecule has 3 aromatic heterocycles. The highest BCUT2D eigenvalue weighted by atomic mass is 19.1. The van der Waals surface area contributed by atoms with Gasteiger partial charge in [-0.3, -0.25) is 4.40 Å². The summed E-state index contributed by atoms with van der Waals surface area (Å²) in [5, 5.41) is 21.5. The lowest BCUT2D eigenvalue weighted by Gasteiger charge is -2.13. The number of benzene rings is 1. The Bertz CT molecular complexity index is 1410. The van der Waals surface area contributed by atoms with Gasteiger partial charge in [0.15, 0.2) is 11.3 Å². The summed E-state index contributed by atoms with van der Waals surface area (Å²) in [6.45, 7) is 0.694. The van der Waals surface area contributed by atoms with Gasteiger partial charge in [0.2, 0.25) is 5.95 Å². The molecule has 9 nitrogen and oxygen atoms in total. The van der Waals surface area contributed by atoms with Gasteiger partial charge in [0.25, 0.3) is 0 Å². The molecule has 10 heteroatoms. The van der Waals surface area contributed by atoms with Crippen LogP contribution in [0.1, 0.15) is 27.3 Å². The third-order valence-corrected chi connectivity index (χ3v) is 5.26. The summed E-state index contributed by atoms with van der Waals surface area (Å²) in [6, 6.07) is 8.00. The minimum absolute atomic E-state index is 0.0847. The first-order valence-corrected chi connectivity index (χ1v) is 9.70. The summed E-state index contributed by atoms with van der Waals surface area (Å²) in [6.07, 6.45) is 5.13. The molecular formula is C22H15FN6O3. The molecule has 0 aliphatic carbocycles. The molecule has 0 saturated heterocycles. The van der Waals surface area contributed by atoms with Gasteiger partial charge in [-0.05, 0) is 18.2 Å². The van der Waals surface area contributed by atoms with E-state index in [1.54, 1.807) is 22.7 Å². The molecule has 0 atom stereocenters. The number of nitrogens with one attached hydrogen (secondary N) is 1. The Balaban J connectivity index is 1.52. The number of hydrogen-bond acceptors (Lipinski definition) is 7. The van der Waals surface area contributed by atoms with E-state index in [1.807, 2.05) is 6.07 Å². The van der Waals surface area contributed by atoms with Crippen LogP contribution in [0.5, 0.6) is 5.75 Å². The highest BCUT2D eigenvalue weighted by molar-refractivity contribution is 5.86. The molecule has 5 rings (SSSR count). The molecule has 158 valence electrons. The smallest absolute Gasteiger partial charge is 0.354 e. The molecule has 0 bridgehead atoms. The number of rotatable bonds is 5. The van der Waals surface area contributed by atoms with E-state index in [0.717, 1.165) is 5.56 Å². The van der Waals surface area contributed by atoms with E-state index < -0.39 is 5.97 Å². The molecule has 32 heavy (non-hydrogen) atoms. The van der Waals surface area contributed by atoms with Gasteiger partial charge in [-0.25, -0.2) is 24.1 Å². The van der Waals surface area contributed by atoms with Crippen molar-refractivity contribution in [2.24, 2.45) is 0 Å². The summed E-state index contributed by atoms with van der Waals surface area (Å²) in [4.78, 5) is 23.8. The Kier molecular flexibility index (Phi) is 4.63. The fraction of sp³-hybridized carbons (Fsp3) is 0.136. The fourth-order valence-corrected chi connectivity index (χ4v) is 3.72. The van der Waals surface area contributed by atoms with Crippen molar-refractivity contribution >= 4 is 17.6 Å². The second-order valence-electron chi connectivity index (χ2n) is 7.12. The van der Waals surface area contributed by atoms with Crippen molar-refractivity contribution < 1.29 is 19.0 Å². The molecule has 1 aliphatic rings. The minimum atomic E-state index is -1.13. The van der Waals surface area contributed by atoms with Crippen molar-refractivity contribution in [3.63, 3.8) is 0 Å². The predicted octanol–water partition coefficient (Wildman–Crippen LogP) is 3.05. The molecular weight excluding hydrogens is 415 g/mol. The first-order chi connectivity index (χ1) is 15.5. The van der Waals surface area contributed by atoms with E-state index in [-0.39, 0.29) is 23.7 Å². The van der Waals surface area contributed by atoms with Crippen LogP contribution in [-0.4, -0.2) is 37.0 Å². The number of hydrogen-bond donors (Lipinski definition) is 2. The van der Waals surface area contributed by atoms with Crippen LogP contribution in [0, 0.1) is 17.1 Å². The standard InChI is InChI=1S/C22H15FN6O3/c23-17-2-4-19-14(5-6-32-19)16(17)10-27-22-26-9-15(20-28-13(7-24)11-29(20)22)12-1-3-18(21(30)31)25-8-12/h1-4,8-9,11H,5-6,10H2,(H,26,27)(H,30,31). The number of nitrogens with zero attached hydrogens (tertiary/aromatic N) is 5. The number of nitriles is 1. The second kappa shape index (κ2) is 7.63. The largest absolute Gasteiger partial charge is 0.493 e. The quantitative estimate of drug-likeness (QED) is 0.495. The highest BCUT2D eigenvalue weighted by Gasteiger charge is 2.20. The van der Waals surface area contributed by atoms with Crippen LogP contribution in [0.3, 0.4) is 0 Å². The van der Waals surface area contributed by atoms with Gasteiger partial charge >= 0.3 is 5.97 Å². The lowest BCUT2D eigenvalue weighted by atomic mass is 10.0. The second-order valence-corrected chi connectivity index (χ2v) is 7.12. The lowest BCUT2D eigenvalue weighted by molar-refractivity contribution is 0.0690. The molecule has 1 aromatic carbocycles. The zero-order valence-corrected chi connectivity index (χ0v) is 16.5. The van der Waals surface area contributed by atoms with Crippen molar-refractivity contribution in [3.05, 3.63) is 71.2 Å².